The van der Waals surface area contributed by atoms with Gasteiger partial charge in [-0.1, -0.05) is 18.2 Å². The maximum absolute atomic E-state index is 13.2. The number of anilines is 2. The van der Waals surface area contributed by atoms with Crippen LogP contribution in [0, 0.1) is 25.5 Å². The normalized spacial score (nSPS) is 10.3. The van der Waals surface area contributed by atoms with E-state index in [1.807, 2.05) is 32.0 Å². The van der Waals surface area contributed by atoms with Crippen LogP contribution in [-0.2, 0) is 0 Å². The standard InChI is InChI=1S/C15H14F2N2O2/c1-8-4-3-5-9(2)13(8)19-15(21)18-12-7-10(16)6-11(17)14(12)20/h3-7,20H,1-2H3,(H2,18,19,21). The van der Waals surface area contributed by atoms with Crippen LogP contribution in [0.3, 0.4) is 0 Å². The number of carbonyl (C=O) groups excluding carboxylic acids is 1. The smallest absolute Gasteiger partial charge is 0.323 e. The lowest BCUT2D eigenvalue weighted by Gasteiger charge is -2.13. The topological polar surface area (TPSA) is 61.4 Å². The molecule has 0 atom stereocenters. The van der Waals surface area contributed by atoms with Gasteiger partial charge in [-0.25, -0.2) is 13.6 Å². The first-order valence-corrected chi connectivity index (χ1v) is 6.20. The Kier molecular flexibility index (Phi) is 4.07. The number of hydrogen-bond donors (Lipinski definition) is 3. The molecule has 0 bridgehead atoms. The molecule has 0 fully saturated rings. The number of hydrogen-bond acceptors (Lipinski definition) is 2. The van der Waals surface area contributed by atoms with Gasteiger partial charge < -0.3 is 15.7 Å². The van der Waals surface area contributed by atoms with Crippen molar-refractivity contribution in [3.8, 4) is 5.75 Å². The van der Waals surface area contributed by atoms with Crippen molar-refractivity contribution in [3.63, 3.8) is 0 Å². The predicted octanol–water partition coefficient (Wildman–Crippen LogP) is 3.93. The molecule has 0 aliphatic rings. The summed E-state index contributed by atoms with van der Waals surface area (Å²) in [5, 5.41) is 14.3. The van der Waals surface area contributed by atoms with E-state index >= 15 is 0 Å². The summed E-state index contributed by atoms with van der Waals surface area (Å²) in [6.07, 6.45) is 0. The van der Waals surface area contributed by atoms with Gasteiger partial charge in [-0.15, -0.1) is 0 Å². The molecule has 0 saturated heterocycles. The van der Waals surface area contributed by atoms with E-state index in [-0.39, 0.29) is 5.69 Å². The van der Waals surface area contributed by atoms with Crippen molar-refractivity contribution in [1.82, 2.24) is 0 Å². The first-order chi connectivity index (χ1) is 9.88. The molecule has 0 saturated carbocycles. The Morgan fingerprint density at radius 3 is 2.33 bits per heavy atom. The number of phenols is 1. The lowest BCUT2D eigenvalue weighted by molar-refractivity contribution is 0.262. The Labute approximate surface area is 120 Å². The second kappa shape index (κ2) is 5.78. The third kappa shape index (κ3) is 3.28. The number of halogens is 2. The fourth-order valence-electron chi connectivity index (χ4n) is 1.94. The van der Waals surface area contributed by atoms with E-state index in [1.54, 1.807) is 0 Å². The van der Waals surface area contributed by atoms with Crippen molar-refractivity contribution in [2.45, 2.75) is 13.8 Å². The highest BCUT2D eigenvalue weighted by molar-refractivity contribution is 6.01. The molecule has 3 N–H and O–H groups in total. The number of urea groups is 1. The van der Waals surface area contributed by atoms with E-state index in [0.717, 1.165) is 17.2 Å². The van der Waals surface area contributed by atoms with E-state index in [1.165, 1.54) is 0 Å². The molecule has 2 amide bonds. The van der Waals surface area contributed by atoms with Crippen LogP contribution in [0.1, 0.15) is 11.1 Å². The molecule has 4 nitrogen and oxygen atoms in total. The van der Waals surface area contributed by atoms with Crippen LogP contribution >= 0.6 is 0 Å². The van der Waals surface area contributed by atoms with Gasteiger partial charge in [0.1, 0.15) is 5.82 Å². The van der Waals surface area contributed by atoms with E-state index < -0.39 is 23.4 Å². The first-order valence-electron chi connectivity index (χ1n) is 6.20. The summed E-state index contributed by atoms with van der Waals surface area (Å²) in [6, 6.07) is 6.16. The highest BCUT2D eigenvalue weighted by Gasteiger charge is 2.13. The van der Waals surface area contributed by atoms with Gasteiger partial charge in [-0.2, -0.15) is 0 Å². The summed E-state index contributed by atoms with van der Waals surface area (Å²) >= 11 is 0. The van der Waals surface area contributed by atoms with E-state index in [0.29, 0.717) is 11.8 Å². The minimum Gasteiger partial charge on any atom is -0.503 e. The van der Waals surface area contributed by atoms with Crippen LogP contribution < -0.4 is 10.6 Å². The molecule has 0 heterocycles. The predicted molar refractivity (Wildman–Crippen MR) is 76.6 cm³/mol. The van der Waals surface area contributed by atoms with Crippen molar-refractivity contribution < 1.29 is 18.7 Å². The molecular formula is C15H14F2N2O2. The zero-order valence-electron chi connectivity index (χ0n) is 11.5. The Balaban J connectivity index is 2.20. The van der Waals surface area contributed by atoms with Crippen molar-refractivity contribution in [2.75, 3.05) is 10.6 Å². The number of nitrogens with one attached hydrogen (secondary N) is 2. The molecule has 0 aliphatic heterocycles. The zero-order valence-corrected chi connectivity index (χ0v) is 11.5. The quantitative estimate of drug-likeness (QED) is 0.734. The Morgan fingerprint density at radius 2 is 1.71 bits per heavy atom. The molecule has 2 aromatic rings. The van der Waals surface area contributed by atoms with Gasteiger partial charge in [-0.3, -0.25) is 0 Å². The molecule has 0 aliphatic carbocycles. The number of carbonyl (C=O) groups is 1. The summed E-state index contributed by atoms with van der Waals surface area (Å²) < 4.78 is 26.3. The molecule has 6 heteroatoms. The van der Waals surface area contributed by atoms with Crippen LogP contribution in [-0.4, -0.2) is 11.1 Å². The lowest BCUT2D eigenvalue weighted by Crippen LogP contribution is -2.21. The Morgan fingerprint density at radius 1 is 1.10 bits per heavy atom. The Bertz CT molecular complexity index is 682. The third-order valence-electron chi connectivity index (χ3n) is 3.00. The second-order valence-corrected chi connectivity index (χ2v) is 4.63. The molecule has 2 aromatic carbocycles. The van der Waals surface area contributed by atoms with Crippen molar-refractivity contribution in [1.29, 1.82) is 0 Å². The van der Waals surface area contributed by atoms with Crippen LogP contribution in [0.15, 0.2) is 30.3 Å². The van der Waals surface area contributed by atoms with Gasteiger partial charge in [-0.05, 0) is 25.0 Å². The van der Waals surface area contributed by atoms with Crippen LogP contribution in [0.5, 0.6) is 5.75 Å². The van der Waals surface area contributed by atoms with Gasteiger partial charge >= 0.3 is 6.03 Å². The molecule has 110 valence electrons. The highest BCUT2D eigenvalue weighted by Crippen LogP contribution is 2.28. The Hall–Kier alpha value is -2.63. The van der Waals surface area contributed by atoms with E-state index in [9.17, 15) is 18.7 Å². The van der Waals surface area contributed by atoms with Crippen LogP contribution in [0.25, 0.3) is 0 Å². The maximum Gasteiger partial charge on any atom is 0.323 e. The largest absolute Gasteiger partial charge is 0.503 e. The molecule has 21 heavy (non-hydrogen) atoms. The number of aryl methyl sites for hydroxylation is 2. The summed E-state index contributed by atoms with van der Waals surface area (Å²) in [5.41, 5.74) is 1.96. The van der Waals surface area contributed by atoms with Gasteiger partial charge in [0, 0.05) is 17.8 Å². The van der Waals surface area contributed by atoms with E-state index in [2.05, 4.69) is 10.6 Å². The highest BCUT2D eigenvalue weighted by atomic mass is 19.1. The molecule has 0 radical (unpaired) electrons. The summed E-state index contributed by atoms with van der Waals surface area (Å²) in [6.45, 7) is 3.64. The number of para-hydroxylation sites is 1. The average Bonchev–Trinajstić information content (AvgIpc) is 2.40. The first kappa shape index (κ1) is 14.8. The summed E-state index contributed by atoms with van der Waals surface area (Å²) in [7, 11) is 0. The SMILES string of the molecule is Cc1cccc(C)c1NC(=O)Nc1cc(F)cc(F)c1O. The van der Waals surface area contributed by atoms with Crippen molar-refractivity contribution in [3.05, 3.63) is 53.1 Å². The minimum absolute atomic E-state index is 0.337. The molecule has 0 spiro atoms. The van der Waals surface area contributed by atoms with E-state index in [4.69, 9.17) is 0 Å². The zero-order chi connectivity index (χ0) is 15.6. The number of rotatable bonds is 2. The number of aromatic hydroxyl groups is 1. The lowest BCUT2D eigenvalue weighted by atomic mass is 10.1. The van der Waals surface area contributed by atoms with Crippen molar-refractivity contribution >= 4 is 17.4 Å². The summed E-state index contributed by atoms with van der Waals surface area (Å²) in [5.74, 6) is -2.85. The van der Waals surface area contributed by atoms with Gasteiger partial charge in [0.15, 0.2) is 11.6 Å². The molecule has 0 unspecified atom stereocenters. The maximum atomic E-state index is 13.2. The average molecular weight is 292 g/mol. The fourth-order valence-corrected chi connectivity index (χ4v) is 1.94. The van der Waals surface area contributed by atoms with Crippen LogP contribution in [0.4, 0.5) is 25.0 Å². The minimum atomic E-state index is -1.14. The number of phenolic OH excluding ortho intramolecular Hbond substituents is 1. The van der Waals surface area contributed by atoms with Crippen LogP contribution in [0.2, 0.25) is 0 Å². The van der Waals surface area contributed by atoms with Gasteiger partial charge in [0.05, 0.1) is 5.69 Å². The van der Waals surface area contributed by atoms with Crippen molar-refractivity contribution in [2.24, 2.45) is 0 Å². The van der Waals surface area contributed by atoms with Gasteiger partial charge in [0.2, 0.25) is 0 Å². The second-order valence-electron chi connectivity index (χ2n) is 4.63. The monoisotopic (exact) mass is 292 g/mol. The molecule has 2 rings (SSSR count). The number of amides is 2. The molecule has 0 aromatic heterocycles. The molecular weight excluding hydrogens is 278 g/mol. The summed E-state index contributed by atoms with van der Waals surface area (Å²) in [4.78, 5) is 11.9. The number of benzene rings is 2. The third-order valence-corrected chi connectivity index (χ3v) is 3.00. The fraction of sp³-hybridized carbons (Fsp3) is 0.133. The van der Waals surface area contributed by atoms with Gasteiger partial charge in [0.25, 0.3) is 0 Å².